The Balaban J connectivity index is 2.33. The van der Waals surface area contributed by atoms with Crippen molar-refractivity contribution in [3.05, 3.63) is 34.1 Å². The minimum Gasteiger partial charge on any atom is -0.493 e. The second kappa shape index (κ2) is 5.58. The number of ether oxygens (including phenoxy) is 4. The van der Waals surface area contributed by atoms with Gasteiger partial charge >= 0.3 is 0 Å². The highest BCUT2D eigenvalue weighted by atomic mass is 16.5. The molecule has 6 nitrogen and oxygen atoms in total. The molecule has 0 fully saturated rings. The van der Waals surface area contributed by atoms with Crippen molar-refractivity contribution >= 4 is 21.7 Å². The predicted molar refractivity (Wildman–Crippen MR) is 95.6 cm³/mol. The average molecular weight is 341 g/mol. The SMILES string of the molecule is COc1ccc2c(c1OC)c(=O)n1c3c(cc(OC)c(OC)c23)CC1. The second-order valence-corrected chi connectivity index (χ2v) is 5.93. The van der Waals surface area contributed by atoms with Gasteiger partial charge in [-0.1, -0.05) is 0 Å². The van der Waals surface area contributed by atoms with Gasteiger partial charge in [-0.25, -0.2) is 0 Å². The first-order chi connectivity index (χ1) is 12.2. The van der Waals surface area contributed by atoms with E-state index in [2.05, 4.69) is 0 Å². The number of aryl methyl sites for hydroxylation is 2. The number of fused-ring (bicyclic) bond motifs is 2. The van der Waals surface area contributed by atoms with Crippen LogP contribution < -0.4 is 24.5 Å². The Bertz CT molecular complexity index is 1070. The zero-order valence-electron chi connectivity index (χ0n) is 14.6. The van der Waals surface area contributed by atoms with Crippen LogP contribution in [0.2, 0.25) is 0 Å². The van der Waals surface area contributed by atoms with Gasteiger partial charge in [0.05, 0.1) is 44.7 Å². The van der Waals surface area contributed by atoms with Crippen LogP contribution in [0.15, 0.2) is 23.0 Å². The molecule has 0 radical (unpaired) electrons. The van der Waals surface area contributed by atoms with Gasteiger partial charge in [-0.3, -0.25) is 4.79 Å². The highest BCUT2D eigenvalue weighted by molar-refractivity contribution is 6.13. The number of hydrogen-bond acceptors (Lipinski definition) is 5. The summed E-state index contributed by atoms with van der Waals surface area (Å²) < 4.78 is 23.8. The number of pyridine rings is 1. The summed E-state index contributed by atoms with van der Waals surface area (Å²) in [7, 11) is 6.33. The standard InChI is InChI=1S/C19H19NO5/c1-22-12-6-5-11-14-16-10(9-13(23-2)18(14)25-4)7-8-20(16)19(21)15(11)17(12)24-3/h5-6,9H,7-8H2,1-4H3. The molecule has 2 aromatic carbocycles. The molecule has 0 amide bonds. The quantitative estimate of drug-likeness (QED) is 0.683. The Morgan fingerprint density at radius 3 is 2.20 bits per heavy atom. The summed E-state index contributed by atoms with van der Waals surface area (Å²) >= 11 is 0. The van der Waals surface area contributed by atoms with Gasteiger partial charge in [-0.05, 0) is 30.2 Å². The molecule has 1 aliphatic heterocycles. The van der Waals surface area contributed by atoms with E-state index in [4.69, 9.17) is 18.9 Å². The van der Waals surface area contributed by atoms with E-state index >= 15 is 0 Å². The summed E-state index contributed by atoms with van der Waals surface area (Å²) in [4.78, 5) is 13.2. The van der Waals surface area contributed by atoms with E-state index in [0.717, 1.165) is 28.3 Å². The molecule has 1 aromatic heterocycles. The predicted octanol–water partition coefficient (Wildman–Crippen LogP) is 2.75. The lowest BCUT2D eigenvalue weighted by atomic mass is 10.0. The minimum atomic E-state index is -0.0794. The highest BCUT2D eigenvalue weighted by Crippen LogP contribution is 2.45. The molecule has 0 saturated carbocycles. The third kappa shape index (κ3) is 1.94. The maximum Gasteiger partial charge on any atom is 0.262 e. The van der Waals surface area contributed by atoms with Crippen molar-refractivity contribution in [1.29, 1.82) is 0 Å². The maximum atomic E-state index is 13.2. The van der Waals surface area contributed by atoms with E-state index in [-0.39, 0.29) is 5.56 Å². The second-order valence-electron chi connectivity index (χ2n) is 5.93. The number of benzene rings is 2. The topological polar surface area (TPSA) is 58.9 Å². The molecule has 0 unspecified atom stereocenters. The van der Waals surface area contributed by atoms with Crippen LogP contribution in [-0.4, -0.2) is 33.0 Å². The van der Waals surface area contributed by atoms with Crippen molar-refractivity contribution in [3.8, 4) is 23.0 Å². The van der Waals surface area contributed by atoms with Gasteiger partial charge in [0.15, 0.2) is 23.0 Å². The molecule has 1 aliphatic rings. The minimum absolute atomic E-state index is 0.0794. The fraction of sp³-hybridized carbons (Fsp3) is 0.316. The van der Waals surface area contributed by atoms with Gasteiger partial charge in [-0.15, -0.1) is 0 Å². The van der Waals surface area contributed by atoms with Crippen molar-refractivity contribution in [2.45, 2.75) is 13.0 Å². The number of methoxy groups -OCH3 is 4. The number of aromatic nitrogens is 1. The molecule has 130 valence electrons. The number of nitrogens with zero attached hydrogens (tertiary/aromatic N) is 1. The summed E-state index contributed by atoms with van der Waals surface area (Å²) in [5, 5.41) is 2.13. The fourth-order valence-corrected chi connectivity index (χ4v) is 3.82. The molecule has 0 bridgehead atoms. The van der Waals surface area contributed by atoms with E-state index in [1.54, 1.807) is 39.1 Å². The van der Waals surface area contributed by atoms with Gasteiger partial charge in [0, 0.05) is 11.9 Å². The number of rotatable bonds is 4. The first-order valence-electron chi connectivity index (χ1n) is 8.01. The molecular formula is C19H19NO5. The average Bonchev–Trinajstić information content (AvgIpc) is 3.07. The van der Waals surface area contributed by atoms with Crippen LogP contribution >= 0.6 is 0 Å². The number of hydrogen-bond donors (Lipinski definition) is 0. The highest BCUT2D eigenvalue weighted by Gasteiger charge is 2.27. The Labute approximate surface area is 144 Å². The third-order valence-corrected chi connectivity index (χ3v) is 4.87. The first kappa shape index (κ1) is 15.6. The Morgan fingerprint density at radius 1 is 0.880 bits per heavy atom. The molecule has 0 N–H and O–H groups in total. The van der Waals surface area contributed by atoms with Crippen LogP contribution in [0.5, 0.6) is 23.0 Å². The van der Waals surface area contributed by atoms with E-state index in [0.29, 0.717) is 34.9 Å². The van der Waals surface area contributed by atoms with Crippen molar-refractivity contribution < 1.29 is 18.9 Å². The summed E-state index contributed by atoms with van der Waals surface area (Å²) in [6, 6.07) is 5.64. The smallest absolute Gasteiger partial charge is 0.262 e. The molecule has 0 spiro atoms. The van der Waals surface area contributed by atoms with Gasteiger partial charge in [-0.2, -0.15) is 0 Å². The van der Waals surface area contributed by atoms with Gasteiger partial charge in [0.2, 0.25) is 0 Å². The molecule has 0 atom stereocenters. The third-order valence-electron chi connectivity index (χ3n) is 4.87. The summed E-state index contributed by atoms with van der Waals surface area (Å²) in [6.07, 6.45) is 0.780. The summed E-state index contributed by atoms with van der Waals surface area (Å²) in [5.41, 5.74) is 1.91. The summed E-state index contributed by atoms with van der Waals surface area (Å²) in [5.74, 6) is 2.25. The van der Waals surface area contributed by atoms with Gasteiger partial charge < -0.3 is 23.5 Å². The normalized spacial score (nSPS) is 12.6. The molecular weight excluding hydrogens is 322 g/mol. The fourth-order valence-electron chi connectivity index (χ4n) is 3.82. The van der Waals surface area contributed by atoms with Crippen molar-refractivity contribution in [1.82, 2.24) is 4.57 Å². The largest absolute Gasteiger partial charge is 0.493 e. The summed E-state index contributed by atoms with van der Waals surface area (Å²) in [6.45, 7) is 0.622. The van der Waals surface area contributed by atoms with Crippen LogP contribution in [0.4, 0.5) is 0 Å². The van der Waals surface area contributed by atoms with Crippen LogP contribution in [-0.2, 0) is 13.0 Å². The monoisotopic (exact) mass is 341 g/mol. The van der Waals surface area contributed by atoms with Crippen molar-refractivity contribution in [2.24, 2.45) is 0 Å². The molecule has 2 heterocycles. The molecule has 0 aliphatic carbocycles. The maximum absolute atomic E-state index is 13.2. The van der Waals surface area contributed by atoms with Crippen LogP contribution in [0, 0.1) is 0 Å². The van der Waals surface area contributed by atoms with E-state index in [1.807, 2.05) is 12.1 Å². The van der Waals surface area contributed by atoms with Crippen LogP contribution in [0.1, 0.15) is 5.56 Å². The molecule has 6 heteroatoms. The van der Waals surface area contributed by atoms with Gasteiger partial charge in [0.25, 0.3) is 5.56 Å². The van der Waals surface area contributed by atoms with E-state index < -0.39 is 0 Å². The van der Waals surface area contributed by atoms with Crippen molar-refractivity contribution in [2.75, 3.05) is 28.4 Å². The zero-order valence-corrected chi connectivity index (χ0v) is 14.6. The van der Waals surface area contributed by atoms with Crippen LogP contribution in [0.3, 0.4) is 0 Å². The Kier molecular flexibility index (Phi) is 3.49. The molecule has 25 heavy (non-hydrogen) atoms. The molecule has 4 rings (SSSR count). The van der Waals surface area contributed by atoms with Crippen molar-refractivity contribution in [3.63, 3.8) is 0 Å². The van der Waals surface area contributed by atoms with E-state index in [1.165, 1.54) is 0 Å². The lowest BCUT2D eigenvalue weighted by Crippen LogP contribution is -2.19. The molecule has 0 saturated heterocycles. The lowest BCUT2D eigenvalue weighted by molar-refractivity contribution is 0.357. The zero-order chi connectivity index (χ0) is 17.7. The Morgan fingerprint density at radius 2 is 1.56 bits per heavy atom. The van der Waals surface area contributed by atoms with Crippen LogP contribution in [0.25, 0.3) is 21.7 Å². The van der Waals surface area contributed by atoms with E-state index in [9.17, 15) is 4.79 Å². The first-order valence-corrected chi connectivity index (χ1v) is 8.01. The Hall–Kier alpha value is -2.89. The lowest BCUT2D eigenvalue weighted by Gasteiger charge is -2.17. The van der Waals surface area contributed by atoms with Gasteiger partial charge in [0.1, 0.15) is 0 Å². The molecule has 3 aromatic rings.